The van der Waals surface area contributed by atoms with Crippen molar-refractivity contribution in [2.24, 2.45) is 0 Å². The Morgan fingerprint density at radius 2 is 1.71 bits per heavy atom. The first-order valence-corrected chi connectivity index (χ1v) is 5.20. The predicted molar refractivity (Wildman–Crippen MR) is 62.4 cm³/mol. The number of rotatable bonds is 5. The Morgan fingerprint density at radius 1 is 1.21 bits per heavy atom. The third-order valence-corrected chi connectivity index (χ3v) is 2.22. The molecule has 0 aromatic carbocycles. The van der Waals surface area contributed by atoms with Crippen molar-refractivity contribution in [2.75, 3.05) is 14.2 Å². The molecule has 0 saturated carbocycles. The van der Waals surface area contributed by atoms with Gasteiger partial charge in [-0.05, 0) is 26.7 Å². The molecule has 0 heterocycles. The van der Waals surface area contributed by atoms with Crippen LogP contribution in [0.3, 0.4) is 0 Å². The van der Waals surface area contributed by atoms with Gasteiger partial charge in [-0.25, -0.2) is 0 Å². The first kappa shape index (κ1) is 15.9. The van der Waals surface area contributed by atoms with Crippen LogP contribution in [0.5, 0.6) is 0 Å². The van der Waals surface area contributed by atoms with Crippen molar-refractivity contribution in [3.63, 3.8) is 0 Å². The smallest absolute Gasteiger partial charge is 0.0883 e. The minimum absolute atomic E-state index is 0.0833. The SMILES string of the molecule is C=C(CCC)OC.CCC(C)(C)OC. The highest BCUT2D eigenvalue weighted by Gasteiger charge is 2.10. The molecule has 0 rings (SSSR count). The Labute approximate surface area is 89.3 Å². The lowest BCUT2D eigenvalue weighted by molar-refractivity contribution is 0.0196. The molecule has 0 amide bonds. The standard InChI is InChI=1S/C6H14O.C6H12O/c1-5-6(2,3)7-4;1-4-5-6(2)7-3/h5H2,1-4H3;2,4-5H2,1,3H3. The van der Waals surface area contributed by atoms with Gasteiger partial charge in [0, 0.05) is 13.5 Å². The fourth-order valence-corrected chi connectivity index (χ4v) is 0.525. The number of methoxy groups -OCH3 is 2. The molecule has 0 bridgehead atoms. The van der Waals surface area contributed by atoms with Gasteiger partial charge in [-0.1, -0.05) is 20.4 Å². The number of allylic oxidation sites excluding steroid dienone is 1. The fourth-order valence-electron chi connectivity index (χ4n) is 0.525. The quantitative estimate of drug-likeness (QED) is 0.632. The second-order valence-electron chi connectivity index (χ2n) is 3.81. The van der Waals surface area contributed by atoms with E-state index in [1.807, 2.05) is 0 Å². The molecule has 0 unspecified atom stereocenters. The third kappa shape index (κ3) is 11.5. The molecular weight excluding hydrogens is 176 g/mol. The van der Waals surface area contributed by atoms with E-state index in [9.17, 15) is 0 Å². The molecule has 86 valence electrons. The van der Waals surface area contributed by atoms with Crippen molar-refractivity contribution in [3.05, 3.63) is 12.3 Å². The van der Waals surface area contributed by atoms with E-state index >= 15 is 0 Å². The molecular formula is C12H26O2. The molecule has 0 fully saturated rings. The van der Waals surface area contributed by atoms with E-state index in [2.05, 4.69) is 34.3 Å². The summed E-state index contributed by atoms with van der Waals surface area (Å²) >= 11 is 0. The van der Waals surface area contributed by atoms with E-state index in [4.69, 9.17) is 9.47 Å². The zero-order valence-electron chi connectivity index (χ0n) is 10.6. The molecule has 0 spiro atoms. The molecule has 2 heteroatoms. The Balaban J connectivity index is 0. The average molecular weight is 202 g/mol. The van der Waals surface area contributed by atoms with Crippen LogP contribution >= 0.6 is 0 Å². The average Bonchev–Trinajstić information content (AvgIpc) is 2.19. The van der Waals surface area contributed by atoms with Crippen molar-refractivity contribution in [1.29, 1.82) is 0 Å². The monoisotopic (exact) mass is 202 g/mol. The second-order valence-corrected chi connectivity index (χ2v) is 3.81. The van der Waals surface area contributed by atoms with Gasteiger partial charge in [0.25, 0.3) is 0 Å². The second kappa shape index (κ2) is 9.07. The van der Waals surface area contributed by atoms with Gasteiger partial charge in [0.2, 0.25) is 0 Å². The van der Waals surface area contributed by atoms with Gasteiger partial charge in [-0.3, -0.25) is 0 Å². The van der Waals surface area contributed by atoms with Crippen LogP contribution in [0.1, 0.15) is 47.0 Å². The summed E-state index contributed by atoms with van der Waals surface area (Å²) in [6, 6.07) is 0. The summed E-state index contributed by atoms with van der Waals surface area (Å²) < 4.78 is 9.88. The van der Waals surface area contributed by atoms with E-state index in [0.717, 1.165) is 25.0 Å². The molecule has 14 heavy (non-hydrogen) atoms. The van der Waals surface area contributed by atoms with Crippen molar-refractivity contribution < 1.29 is 9.47 Å². The maximum Gasteiger partial charge on any atom is 0.0883 e. The summed E-state index contributed by atoms with van der Waals surface area (Å²) in [5.74, 6) is 0.877. The zero-order valence-corrected chi connectivity index (χ0v) is 10.6. The van der Waals surface area contributed by atoms with Crippen molar-refractivity contribution in [2.45, 2.75) is 52.6 Å². The van der Waals surface area contributed by atoms with Crippen LogP contribution in [0.15, 0.2) is 12.3 Å². The first-order chi connectivity index (χ1) is 6.43. The van der Waals surface area contributed by atoms with Crippen molar-refractivity contribution in [1.82, 2.24) is 0 Å². The van der Waals surface area contributed by atoms with Crippen LogP contribution in [0.2, 0.25) is 0 Å². The van der Waals surface area contributed by atoms with Gasteiger partial charge in [-0.15, -0.1) is 0 Å². The minimum Gasteiger partial charge on any atom is -0.502 e. The topological polar surface area (TPSA) is 18.5 Å². The number of ether oxygens (including phenoxy) is 2. The lowest BCUT2D eigenvalue weighted by Crippen LogP contribution is -2.20. The number of hydrogen-bond acceptors (Lipinski definition) is 2. The summed E-state index contributed by atoms with van der Waals surface area (Å²) in [5.41, 5.74) is 0.0833. The summed E-state index contributed by atoms with van der Waals surface area (Å²) in [7, 11) is 3.39. The maximum atomic E-state index is 5.09. The van der Waals surface area contributed by atoms with E-state index in [1.165, 1.54) is 0 Å². The van der Waals surface area contributed by atoms with E-state index in [-0.39, 0.29) is 5.60 Å². The molecule has 0 N–H and O–H groups in total. The highest BCUT2D eigenvalue weighted by molar-refractivity contribution is 4.79. The lowest BCUT2D eigenvalue weighted by atomic mass is 10.1. The molecule has 0 radical (unpaired) electrons. The van der Waals surface area contributed by atoms with Gasteiger partial charge in [0.1, 0.15) is 0 Å². The largest absolute Gasteiger partial charge is 0.502 e. The van der Waals surface area contributed by atoms with Crippen LogP contribution in [-0.4, -0.2) is 19.8 Å². The molecule has 0 aliphatic heterocycles. The van der Waals surface area contributed by atoms with Crippen molar-refractivity contribution >= 4 is 0 Å². The Morgan fingerprint density at radius 3 is 1.79 bits per heavy atom. The van der Waals surface area contributed by atoms with Crippen LogP contribution in [0, 0.1) is 0 Å². The summed E-state index contributed by atoms with van der Waals surface area (Å²) in [6.07, 6.45) is 3.17. The number of hydrogen-bond donors (Lipinski definition) is 0. The molecule has 0 aromatic heterocycles. The molecule has 0 saturated heterocycles. The van der Waals surface area contributed by atoms with Crippen LogP contribution < -0.4 is 0 Å². The molecule has 0 aromatic rings. The molecule has 0 aliphatic carbocycles. The van der Waals surface area contributed by atoms with Crippen LogP contribution in [0.25, 0.3) is 0 Å². The Kier molecular flexibility index (Phi) is 10.3. The third-order valence-electron chi connectivity index (χ3n) is 2.22. The zero-order chi connectivity index (χ0) is 11.6. The van der Waals surface area contributed by atoms with E-state index in [1.54, 1.807) is 14.2 Å². The predicted octanol–water partition coefficient (Wildman–Crippen LogP) is 3.77. The Bertz CT molecular complexity index is 133. The van der Waals surface area contributed by atoms with Crippen molar-refractivity contribution in [3.8, 4) is 0 Å². The molecule has 0 aliphatic rings. The van der Waals surface area contributed by atoms with Gasteiger partial charge >= 0.3 is 0 Å². The fraction of sp³-hybridized carbons (Fsp3) is 0.833. The van der Waals surface area contributed by atoms with Gasteiger partial charge in [0.05, 0.1) is 18.5 Å². The van der Waals surface area contributed by atoms with Gasteiger partial charge in [0.15, 0.2) is 0 Å². The summed E-state index contributed by atoms with van der Waals surface area (Å²) in [6.45, 7) is 12.0. The first-order valence-electron chi connectivity index (χ1n) is 5.20. The van der Waals surface area contributed by atoms with Crippen LogP contribution in [-0.2, 0) is 9.47 Å². The van der Waals surface area contributed by atoms with Crippen LogP contribution in [0.4, 0.5) is 0 Å². The van der Waals surface area contributed by atoms with E-state index in [0.29, 0.717) is 0 Å². The minimum atomic E-state index is 0.0833. The normalized spacial score (nSPS) is 10.1. The highest BCUT2D eigenvalue weighted by Crippen LogP contribution is 2.10. The van der Waals surface area contributed by atoms with E-state index < -0.39 is 0 Å². The van der Waals surface area contributed by atoms with Gasteiger partial charge in [-0.2, -0.15) is 0 Å². The Hall–Kier alpha value is -0.500. The summed E-state index contributed by atoms with van der Waals surface area (Å²) in [5, 5.41) is 0. The molecule has 0 atom stereocenters. The maximum absolute atomic E-state index is 5.09. The summed E-state index contributed by atoms with van der Waals surface area (Å²) in [4.78, 5) is 0. The molecule has 2 nitrogen and oxygen atoms in total. The highest BCUT2D eigenvalue weighted by atomic mass is 16.5. The van der Waals surface area contributed by atoms with Gasteiger partial charge < -0.3 is 9.47 Å². The lowest BCUT2D eigenvalue weighted by Gasteiger charge is -2.19.